The Kier molecular flexibility index (Phi) is 6.12. The fraction of sp³-hybridized carbons (Fsp3) is 0.0625. The van der Waals surface area contributed by atoms with Crippen molar-refractivity contribution in [3.63, 3.8) is 0 Å². The van der Waals surface area contributed by atoms with E-state index < -0.39 is 0 Å². The fourth-order valence-electron chi connectivity index (χ4n) is 1.72. The zero-order valence-electron chi connectivity index (χ0n) is 11.4. The molecular weight excluding hydrogens is 286 g/mol. The minimum absolute atomic E-state index is 0. The molecule has 0 atom stereocenters. The van der Waals surface area contributed by atoms with Gasteiger partial charge in [0.2, 0.25) is 5.91 Å². The molecule has 0 saturated carbocycles. The van der Waals surface area contributed by atoms with Gasteiger partial charge in [0.15, 0.2) is 0 Å². The van der Waals surface area contributed by atoms with Gasteiger partial charge < -0.3 is 5.32 Å². The van der Waals surface area contributed by atoms with Gasteiger partial charge in [-0.05, 0) is 35.9 Å². The number of halogens is 1. The maximum absolute atomic E-state index is 10.9. The summed E-state index contributed by atoms with van der Waals surface area (Å²) < 4.78 is 0. The van der Waals surface area contributed by atoms with Crippen LogP contribution in [-0.2, 0) is 4.79 Å². The van der Waals surface area contributed by atoms with Gasteiger partial charge in [0.05, 0.1) is 11.3 Å². The maximum Gasteiger partial charge on any atom is 0.221 e. The average molecular weight is 300 g/mol. The Morgan fingerprint density at radius 2 is 1.95 bits per heavy atom. The number of anilines is 1. The van der Waals surface area contributed by atoms with Gasteiger partial charge in [0.1, 0.15) is 6.07 Å². The van der Waals surface area contributed by atoms with Gasteiger partial charge in [0, 0.05) is 18.8 Å². The number of carbonyl (C=O) groups is 1. The van der Waals surface area contributed by atoms with E-state index in [1.807, 2.05) is 18.2 Å². The SMILES string of the molecule is CC(=O)Nc1ccc(C=C(C#N)c2ccccn2)cc1.Cl. The smallest absolute Gasteiger partial charge is 0.221 e. The van der Waals surface area contributed by atoms with Crippen molar-refractivity contribution in [2.75, 3.05) is 5.32 Å². The quantitative estimate of drug-likeness (QED) is 0.882. The first-order valence-electron chi connectivity index (χ1n) is 6.10. The van der Waals surface area contributed by atoms with Crippen molar-refractivity contribution < 1.29 is 4.79 Å². The van der Waals surface area contributed by atoms with E-state index in [0.29, 0.717) is 11.3 Å². The lowest BCUT2D eigenvalue weighted by molar-refractivity contribution is -0.114. The molecule has 1 heterocycles. The average Bonchev–Trinajstić information content (AvgIpc) is 2.47. The molecule has 2 rings (SSSR count). The Balaban J connectivity index is 0.00000220. The van der Waals surface area contributed by atoms with Crippen LogP contribution in [0.4, 0.5) is 5.69 Å². The molecular formula is C16H14ClN3O. The van der Waals surface area contributed by atoms with Crippen LogP contribution < -0.4 is 5.32 Å². The number of nitrogens with one attached hydrogen (secondary N) is 1. The third-order valence-electron chi connectivity index (χ3n) is 2.60. The number of nitrogens with zero attached hydrogens (tertiary/aromatic N) is 2. The molecule has 106 valence electrons. The summed E-state index contributed by atoms with van der Waals surface area (Å²) in [5, 5.41) is 11.9. The number of hydrogen-bond donors (Lipinski definition) is 1. The summed E-state index contributed by atoms with van der Waals surface area (Å²) in [7, 11) is 0. The van der Waals surface area contributed by atoms with Crippen LogP contribution in [0.2, 0.25) is 0 Å². The topological polar surface area (TPSA) is 65.8 Å². The molecule has 1 amide bonds. The first-order valence-corrected chi connectivity index (χ1v) is 6.10. The van der Waals surface area contributed by atoms with Crippen LogP contribution in [0.5, 0.6) is 0 Å². The predicted octanol–water partition coefficient (Wildman–Crippen LogP) is 3.53. The van der Waals surface area contributed by atoms with Crippen LogP contribution in [-0.4, -0.2) is 10.9 Å². The van der Waals surface area contributed by atoms with Gasteiger partial charge in [0.25, 0.3) is 0 Å². The van der Waals surface area contributed by atoms with Crippen molar-refractivity contribution in [2.45, 2.75) is 6.92 Å². The third-order valence-corrected chi connectivity index (χ3v) is 2.60. The highest BCUT2D eigenvalue weighted by Gasteiger charge is 2.02. The molecule has 0 aliphatic carbocycles. The molecule has 0 saturated heterocycles. The Hall–Kier alpha value is -2.64. The summed E-state index contributed by atoms with van der Waals surface area (Å²) in [5.41, 5.74) is 2.74. The van der Waals surface area contributed by atoms with Crippen molar-refractivity contribution in [1.29, 1.82) is 5.26 Å². The first-order chi connectivity index (χ1) is 9.69. The van der Waals surface area contributed by atoms with E-state index in [1.54, 1.807) is 36.5 Å². The number of allylic oxidation sites excluding steroid dienone is 1. The summed E-state index contributed by atoms with van der Waals surface area (Å²) in [6.07, 6.45) is 3.42. The molecule has 0 fully saturated rings. The Morgan fingerprint density at radius 1 is 1.24 bits per heavy atom. The monoisotopic (exact) mass is 299 g/mol. The van der Waals surface area contributed by atoms with Crippen molar-refractivity contribution in [2.24, 2.45) is 0 Å². The van der Waals surface area contributed by atoms with E-state index in [4.69, 9.17) is 0 Å². The van der Waals surface area contributed by atoms with E-state index in [0.717, 1.165) is 11.3 Å². The van der Waals surface area contributed by atoms with Crippen LogP contribution in [0.3, 0.4) is 0 Å². The molecule has 1 aromatic heterocycles. The number of rotatable bonds is 3. The maximum atomic E-state index is 10.9. The van der Waals surface area contributed by atoms with Gasteiger partial charge in [-0.25, -0.2) is 0 Å². The highest BCUT2D eigenvalue weighted by molar-refractivity contribution is 5.90. The predicted molar refractivity (Wildman–Crippen MR) is 85.7 cm³/mol. The summed E-state index contributed by atoms with van der Waals surface area (Å²) in [6, 6.07) is 14.8. The van der Waals surface area contributed by atoms with Crippen LogP contribution in [0.15, 0.2) is 48.7 Å². The van der Waals surface area contributed by atoms with Crippen LogP contribution in [0.1, 0.15) is 18.2 Å². The van der Waals surface area contributed by atoms with Gasteiger partial charge in [-0.1, -0.05) is 18.2 Å². The van der Waals surface area contributed by atoms with Gasteiger partial charge in [-0.15, -0.1) is 12.4 Å². The van der Waals surface area contributed by atoms with E-state index >= 15 is 0 Å². The summed E-state index contributed by atoms with van der Waals surface area (Å²) >= 11 is 0. The van der Waals surface area contributed by atoms with Gasteiger partial charge in [-0.3, -0.25) is 9.78 Å². The molecule has 0 spiro atoms. The van der Waals surface area contributed by atoms with E-state index in [1.165, 1.54) is 6.92 Å². The Labute approximate surface area is 129 Å². The second-order valence-corrected chi connectivity index (χ2v) is 4.19. The van der Waals surface area contributed by atoms with E-state index in [-0.39, 0.29) is 18.3 Å². The second-order valence-electron chi connectivity index (χ2n) is 4.19. The van der Waals surface area contributed by atoms with Crippen LogP contribution >= 0.6 is 12.4 Å². The molecule has 0 aliphatic heterocycles. The minimum Gasteiger partial charge on any atom is -0.326 e. The lowest BCUT2D eigenvalue weighted by Crippen LogP contribution is -2.05. The molecule has 21 heavy (non-hydrogen) atoms. The van der Waals surface area contributed by atoms with Gasteiger partial charge >= 0.3 is 0 Å². The molecule has 0 aliphatic rings. The number of pyridine rings is 1. The molecule has 2 aromatic rings. The highest BCUT2D eigenvalue weighted by Crippen LogP contribution is 2.17. The number of amides is 1. The number of aromatic nitrogens is 1. The minimum atomic E-state index is -0.112. The number of carbonyl (C=O) groups excluding carboxylic acids is 1. The molecule has 0 unspecified atom stereocenters. The second kappa shape index (κ2) is 7.83. The van der Waals surface area contributed by atoms with Crippen molar-refractivity contribution in [1.82, 2.24) is 4.98 Å². The molecule has 4 nitrogen and oxygen atoms in total. The lowest BCUT2D eigenvalue weighted by atomic mass is 10.1. The largest absolute Gasteiger partial charge is 0.326 e. The van der Waals surface area contributed by atoms with E-state index in [2.05, 4.69) is 16.4 Å². The first kappa shape index (κ1) is 16.4. The number of hydrogen-bond acceptors (Lipinski definition) is 3. The summed E-state index contributed by atoms with van der Waals surface area (Å²) in [5.74, 6) is -0.112. The fourth-order valence-corrected chi connectivity index (χ4v) is 1.72. The molecule has 1 aromatic carbocycles. The number of nitriles is 1. The summed E-state index contributed by atoms with van der Waals surface area (Å²) in [4.78, 5) is 15.1. The number of benzene rings is 1. The molecule has 1 N–H and O–H groups in total. The van der Waals surface area contributed by atoms with Crippen LogP contribution in [0.25, 0.3) is 11.6 Å². The zero-order chi connectivity index (χ0) is 14.4. The van der Waals surface area contributed by atoms with Crippen LogP contribution in [0, 0.1) is 11.3 Å². The van der Waals surface area contributed by atoms with Crippen molar-refractivity contribution >= 4 is 35.7 Å². The summed E-state index contributed by atoms with van der Waals surface area (Å²) in [6.45, 7) is 1.46. The normalized spacial score (nSPS) is 10.2. The molecule has 0 radical (unpaired) electrons. The van der Waals surface area contributed by atoms with Gasteiger partial charge in [-0.2, -0.15) is 5.26 Å². The Bertz CT molecular complexity index is 673. The highest BCUT2D eigenvalue weighted by atomic mass is 35.5. The molecule has 0 bridgehead atoms. The standard InChI is InChI=1S/C16H13N3O.ClH/c1-12(20)19-15-7-5-13(6-8-15)10-14(11-17)16-4-2-3-9-18-16;/h2-10H,1H3,(H,19,20);1H. The Morgan fingerprint density at radius 3 is 2.48 bits per heavy atom. The zero-order valence-corrected chi connectivity index (χ0v) is 12.2. The van der Waals surface area contributed by atoms with Crippen molar-refractivity contribution in [3.8, 4) is 6.07 Å². The van der Waals surface area contributed by atoms with E-state index in [9.17, 15) is 10.1 Å². The molecule has 5 heteroatoms. The van der Waals surface area contributed by atoms with Crippen molar-refractivity contribution in [3.05, 3.63) is 59.9 Å². The lowest BCUT2D eigenvalue weighted by Gasteiger charge is -2.02. The third kappa shape index (κ3) is 4.75.